The molecule has 3 rings (SSSR count). The van der Waals surface area contributed by atoms with Gasteiger partial charge in [0.15, 0.2) is 11.5 Å². The van der Waals surface area contributed by atoms with Crippen LogP contribution in [0.15, 0.2) is 36.4 Å². The number of anilines is 1. The van der Waals surface area contributed by atoms with E-state index in [9.17, 15) is 9.59 Å². The number of nitrogens with one attached hydrogen (secondary N) is 2. The van der Waals surface area contributed by atoms with E-state index in [1.807, 2.05) is 25.1 Å². The van der Waals surface area contributed by atoms with E-state index in [1.165, 1.54) is 4.90 Å². The van der Waals surface area contributed by atoms with Crippen LogP contribution in [-0.2, 0) is 4.79 Å². The van der Waals surface area contributed by atoms with Gasteiger partial charge < -0.3 is 25.0 Å². The molecule has 1 atom stereocenters. The van der Waals surface area contributed by atoms with Gasteiger partial charge in [-0.25, -0.2) is 4.79 Å². The van der Waals surface area contributed by atoms with E-state index in [4.69, 9.17) is 32.7 Å². The van der Waals surface area contributed by atoms with Crippen molar-refractivity contribution in [3.8, 4) is 11.5 Å². The number of amides is 3. The number of rotatable bonds is 6. The zero-order valence-electron chi connectivity index (χ0n) is 16.7. The summed E-state index contributed by atoms with van der Waals surface area (Å²) in [5.41, 5.74) is 1.20. The summed E-state index contributed by atoms with van der Waals surface area (Å²) in [5.74, 6) is 0.950. The third-order valence-corrected chi connectivity index (χ3v) is 5.27. The van der Waals surface area contributed by atoms with Crippen molar-refractivity contribution in [2.24, 2.45) is 0 Å². The molecule has 1 heterocycles. The summed E-state index contributed by atoms with van der Waals surface area (Å²) in [6.07, 6.45) is 0. The molecule has 0 fully saturated rings. The van der Waals surface area contributed by atoms with E-state index < -0.39 is 5.91 Å². The molecular formula is C21H23Cl2N3O4. The number of fused-ring (bicyclic) bond motifs is 1. The second-order valence-corrected chi connectivity index (χ2v) is 7.55. The molecule has 3 amide bonds. The van der Waals surface area contributed by atoms with Gasteiger partial charge in [-0.1, -0.05) is 35.3 Å². The second kappa shape index (κ2) is 9.91. The lowest BCUT2D eigenvalue weighted by Gasteiger charge is -2.25. The van der Waals surface area contributed by atoms with Gasteiger partial charge in [0.2, 0.25) is 5.91 Å². The molecule has 2 aromatic rings. The lowest BCUT2D eigenvalue weighted by molar-refractivity contribution is -0.116. The molecule has 9 heteroatoms. The molecule has 0 radical (unpaired) electrons. The van der Waals surface area contributed by atoms with Crippen molar-refractivity contribution in [2.75, 3.05) is 31.6 Å². The van der Waals surface area contributed by atoms with Crippen LogP contribution in [0.25, 0.3) is 0 Å². The molecule has 1 aliphatic rings. The zero-order chi connectivity index (χ0) is 21.7. The maximum Gasteiger partial charge on any atom is 0.318 e. The number of hydrogen-bond acceptors (Lipinski definition) is 4. The molecule has 0 spiro atoms. The zero-order valence-corrected chi connectivity index (χ0v) is 18.2. The standard InChI is InChI=1S/C21H23Cl2N3O4/c1-3-26(12-19(27)25-20-15(22)5-4-6-16(20)23)21(28)24-13(2)14-7-8-17-18(11-14)30-10-9-29-17/h4-8,11,13H,3,9-10,12H2,1-2H3,(H,24,28)(H,25,27)/t13-/m1/s1. The number of ether oxygens (including phenoxy) is 2. The minimum Gasteiger partial charge on any atom is -0.486 e. The summed E-state index contributed by atoms with van der Waals surface area (Å²) in [6, 6.07) is 9.84. The Balaban J connectivity index is 1.61. The van der Waals surface area contributed by atoms with Crippen LogP contribution < -0.4 is 20.1 Å². The number of carbonyl (C=O) groups is 2. The monoisotopic (exact) mass is 451 g/mol. The third-order valence-electron chi connectivity index (χ3n) is 4.64. The minimum absolute atomic E-state index is 0.141. The average molecular weight is 452 g/mol. The van der Waals surface area contributed by atoms with Gasteiger partial charge in [0.05, 0.1) is 21.8 Å². The van der Waals surface area contributed by atoms with E-state index in [-0.39, 0.29) is 18.6 Å². The van der Waals surface area contributed by atoms with Gasteiger partial charge in [-0.15, -0.1) is 0 Å². The molecule has 0 saturated carbocycles. The maximum atomic E-state index is 12.7. The normalized spacial score (nSPS) is 13.3. The quantitative estimate of drug-likeness (QED) is 0.677. The first-order chi connectivity index (χ1) is 14.4. The SMILES string of the molecule is CCN(CC(=O)Nc1c(Cl)cccc1Cl)C(=O)N[C@H](C)c1ccc2c(c1)OCCO2. The summed E-state index contributed by atoms with van der Waals surface area (Å²) in [4.78, 5) is 26.5. The molecule has 2 N–H and O–H groups in total. The van der Waals surface area contributed by atoms with Crippen molar-refractivity contribution < 1.29 is 19.1 Å². The van der Waals surface area contributed by atoms with Crippen LogP contribution in [-0.4, -0.2) is 43.1 Å². The van der Waals surface area contributed by atoms with Crippen LogP contribution in [0.5, 0.6) is 11.5 Å². The van der Waals surface area contributed by atoms with Gasteiger partial charge >= 0.3 is 6.03 Å². The number of halogens is 2. The summed E-state index contributed by atoms with van der Waals surface area (Å²) in [7, 11) is 0. The Hall–Kier alpha value is -2.64. The average Bonchev–Trinajstić information content (AvgIpc) is 2.74. The Bertz CT molecular complexity index is 918. The Labute approximate surface area is 185 Å². The first kappa shape index (κ1) is 22.1. The van der Waals surface area contributed by atoms with E-state index >= 15 is 0 Å². The number of carbonyl (C=O) groups excluding carboxylic acids is 2. The van der Waals surface area contributed by atoms with Gasteiger partial charge in [-0.05, 0) is 43.7 Å². The summed E-state index contributed by atoms with van der Waals surface area (Å²) < 4.78 is 11.1. The van der Waals surface area contributed by atoms with Crippen molar-refractivity contribution in [1.29, 1.82) is 0 Å². The molecule has 30 heavy (non-hydrogen) atoms. The molecule has 7 nitrogen and oxygen atoms in total. The molecule has 0 aromatic heterocycles. The highest BCUT2D eigenvalue weighted by Gasteiger charge is 2.20. The van der Waals surface area contributed by atoms with Crippen LogP contribution in [0.4, 0.5) is 10.5 Å². The summed E-state index contributed by atoms with van der Waals surface area (Å²) in [6.45, 7) is 4.88. The number of benzene rings is 2. The lowest BCUT2D eigenvalue weighted by atomic mass is 10.1. The summed E-state index contributed by atoms with van der Waals surface area (Å²) >= 11 is 12.2. The molecule has 2 aromatic carbocycles. The number of likely N-dealkylation sites (N-methyl/N-ethyl adjacent to an activating group) is 1. The number of para-hydroxylation sites is 1. The molecular weight excluding hydrogens is 429 g/mol. The van der Waals surface area contributed by atoms with Gasteiger partial charge in [0, 0.05) is 6.54 Å². The Kier molecular flexibility index (Phi) is 7.29. The molecule has 1 aliphatic heterocycles. The van der Waals surface area contributed by atoms with Crippen molar-refractivity contribution in [2.45, 2.75) is 19.9 Å². The first-order valence-corrected chi connectivity index (χ1v) is 10.3. The second-order valence-electron chi connectivity index (χ2n) is 6.73. The van der Waals surface area contributed by atoms with Crippen molar-refractivity contribution in [3.63, 3.8) is 0 Å². The third kappa shape index (κ3) is 5.29. The van der Waals surface area contributed by atoms with Gasteiger partial charge in [-0.2, -0.15) is 0 Å². The fourth-order valence-electron chi connectivity index (χ4n) is 2.99. The van der Waals surface area contributed by atoms with Crippen molar-refractivity contribution in [1.82, 2.24) is 10.2 Å². The Morgan fingerprint density at radius 3 is 2.43 bits per heavy atom. The van der Waals surface area contributed by atoms with E-state index in [0.29, 0.717) is 47.0 Å². The van der Waals surface area contributed by atoms with Gasteiger partial charge in [0.1, 0.15) is 19.8 Å². The van der Waals surface area contributed by atoms with Crippen LogP contribution in [0, 0.1) is 0 Å². The van der Waals surface area contributed by atoms with Gasteiger partial charge in [0.25, 0.3) is 0 Å². The maximum absolute atomic E-state index is 12.7. The van der Waals surface area contributed by atoms with Crippen LogP contribution in [0.3, 0.4) is 0 Å². The van der Waals surface area contributed by atoms with Crippen molar-refractivity contribution >= 4 is 40.8 Å². The first-order valence-electron chi connectivity index (χ1n) is 9.58. The predicted octanol–water partition coefficient (Wildman–Crippen LogP) is 4.50. The molecule has 0 unspecified atom stereocenters. The number of hydrogen-bond donors (Lipinski definition) is 2. The topological polar surface area (TPSA) is 79.9 Å². The Morgan fingerprint density at radius 2 is 1.77 bits per heavy atom. The molecule has 0 aliphatic carbocycles. The minimum atomic E-state index is -0.394. The van der Waals surface area contributed by atoms with E-state index in [1.54, 1.807) is 25.1 Å². The number of nitrogens with zero attached hydrogens (tertiary/aromatic N) is 1. The molecule has 160 valence electrons. The Morgan fingerprint density at radius 1 is 1.10 bits per heavy atom. The van der Waals surface area contributed by atoms with Crippen LogP contribution in [0.2, 0.25) is 10.0 Å². The number of urea groups is 1. The highest BCUT2D eigenvalue weighted by Crippen LogP contribution is 2.32. The van der Waals surface area contributed by atoms with Crippen LogP contribution in [0.1, 0.15) is 25.5 Å². The van der Waals surface area contributed by atoms with E-state index in [2.05, 4.69) is 10.6 Å². The fourth-order valence-corrected chi connectivity index (χ4v) is 3.48. The molecule has 0 saturated heterocycles. The highest BCUT2D eigenvalue weighted by atomic mass is 35.5. The smallest absolute Gasteiger partial charge is 0.318 e. The fraction of sp³-hybridized carbons (Fsp3) is 0.333. The predicted molar refractivity (Wildman–Crippen MR) is 117 cm³/mol. The lowest BCUT2D eigenvalue weighted by Crippen LogP contribution is -2.44. The summed E-state index contributed by atoms with van der Waals surface area (Å²) in [5, 5.41) is 6.23. The highest BCUT2D eigenvalue weighted by molar-refractivity contribution is 6.39. The largest absolute Gasteiger partial charge is 0.486 e. The van der Waals surface area contributed by atoms with Crippen molar-refractivity contribution in [3.05, 3.63) is 52.0 Å². The van der Waals surface area contributed by atoms with Gasteiger partial charge in [-0.3, -0.25) is 4.79 Å². The molecule has 0 bridgehead atoms. The van der Waals surface area contributed by atoms with Crippen LogP contribution >= 0.6 is 23.2 Å². The van der Waals surface area contributed by atoms with E-state index in [0.717, 1.165) is 5.56 Å².